The van der Waals surface area contributed by atoms with E-state index in [1.807, 2.05) is 0 Å². The number of rotatable bonds is 0. The van der Waals surface area contributed by atoms with Crippen LogP contribution in [0.1, 0.15) is 41.5 Å². The van der Waals surface area contributed by atoms with E-state index in [1.165, 1.54) is 0 Å². The molecule has 1 heteroatoms. The molecule has 0 aromatic carbocycles. The van der Waals surface area contributed by atoms with E-state index in [4.69, 9.17) is 0 Å². The molecule has 0 saturated heterocycles. The van der Waals surface area contributed by atoms with Gasteiger partial charge in [-0.3, -0.25) is 0 Å². The average Bonchev–Trinajstić information content (AvgIpc) is 1.96. The van der Waals surface area contributed by atoms with E-state index in [2.05, 4.69) is 69.3 Å². The fourth-order valence-corrected chi connectivity index (χ4v) is 6.31. The van der Waals surface area contributed by atoms with Crippen LogP contribution in [0.15, 0.2) is 0 Å². The van der Waals surface area contributed by atoms with Gasteiger partial charge < -0.3 is 0 Å². The van der Waals surface area contributed by atoms with Gasteiger partial charge in [0.15, 0.2) is 0 Å². The predicted octanol–water partition coefficient (Wildman–Crippen LogP) is 3.87. The van der Waals surface area contributed by atoms with Crippen LogP contribution < -0.4 is 0 Å². The molecule has 84 valence electrons. The topological polar surface area (TPSA) is 0 Å². The maximum atomic E-state index is 3.47. The third-order valence-corrected chi connectivity index (χ3v) is 7.33. The molecule has 0 saturated carbocycles. The molecule has 0 aliphatic carbocycles. The van der Waals surface area contributed by atoms with Crippen LogP contribution in [0.2, 0.25) is 8.97 Å². The molecule has 0 aromatic heterocycles. The molecule has 0 atom stereocenters. The molecular weight excluding hydrogens is 375 g/mol. The van der Waals surface area contributed by atoms with E-state index in [0.717, 1.165) is 0 Å². The van der Waals surface area contributed by atoms with Gasteiger partial charge in [0.2, 0.25) is 0 Å². The summed E-state index contributed by atoms with van der Waals surface area (Å²) in [5.74, 6) is 6.69. The summed E-state index contributed by atoms with van der Waals surface area (Å²) in [4.78, 5) is 0. The van der Waals surface area contributed by atoms with E-state index >= 15 is 0 Å². The molecule has 0 N–H and O–H groups in total. The molecule has 15 heavy (non-hydrogen) atoms. The number of hydrogen-bond donors (Lipinski definition) is 0. The molecule has 0 spiro atoms. The molecule has 0 rings (SSSR count). The van der Waals surface area contributed by atoms with Gasteiger partial charge in [-0.15, -0.1) is 0 Å². The second-order valence-electron chi connectivity index (χ2n) is 6.62. The van der Waals surface area contributed by atoms with E-state index in [9.17, 15) is 0 Å². The van der Waals surface area contributed by atoms with Crippen LogP contribution in [-0.2, 0) is 0 Å². The Morgan fingerprint density at radius 3 is 1.13 bits per heavy atom. The van der Waals surface area contributed by atoms with Gasteiger partial charge in [-0.1, -0.05) is 0 Å². The Labute approximate surface area is 101 Å². The summed E-state index contributed by atoms with van der Waals surface area (Å²) in [6.45, 7) is 12.9. The molecule has 0 bridgehead atoms. The second-order valence-corrected chi connectivity index (χ2v) is 21.2. The molecule has 0 aliphatic rings. The van der Waals surface area contributed by atoms with Crippen molar-refractivity contribution in [2.24, 2.45) is 10.8 Å². The van der Waals surface area contributed by atoms with Crippen LogP contribution in [0.25, 0.3) is 0 Å². The molecule has 0 radical (unpaired) electrons. The molecular formula is C14H24Pb. The van der Waals surface area contributed by atoms with Crippen molar-refractivity contribution < 1.29 is 0 Å². The molecule has 0 heterocycles. The summed E-state index contributed by atoms with van der Waals surface area (Å²) in [7, 11) is 0. The summed E-state index contributed by atoms with van der Waals surface area (Å²) in [6, 6.07) is 0. The zero-order valence-electron chi connectivity index (χ0n) is 11.5. The first kappa shape index (κ1) is 15.0. The molecule has 0 aromatic rings. The zero-order valence-corrected chi connectivity index (χ0v) is 15.4. The summed E-state index contributed by atoms with van der Waals surface area (Å²) >= 11 is -2.51. The fraction of sp³-hybridized carbons (Fsp3) is 0.714. The monoisotopic (exact) mass is 400 g/mol. The van der Waals surface area contributed by atoms with Crippen molar-refractivity contribution in [1.82, 2.24) is 0 Å². The Hall–Kier alpha value is 0.0421. The first-order chi connectivity index (χ1) is 6.41. The Morgan fingerprint density at radius 1 is 0.667 bits per heavy atom. The first-order valence-electron chi connectivity index (χ1n) is 5.50. The van der Waals surface area contributed by atoms with Gasteiger partial charge in [0, 0.05) is 0 Å². The van der Waals surface area contributed by atoms with E-state index in [1.54, 1.807) is 0 Å². The van der Waals surface area contributed by atoms with Gasteiger partial charge >= 0.3 is 101 Å². The van der Waals surface area contributed by atoms with Crippen LogP contribution in [-0.4, -0.2) is 21.2 Å². The van der Waals surface area contributed by atoms with Gasteiger partial charge in [0.25, 0.3) is 0 Å². The first-order valence-corrected chi connectivity index (χ1v) is 17.2. The standard InChI is InChI=1S/2C6H9.2CH3.Pb/c2*1-5-6(2,3)4;;;/h2*2-4H3;2*1H3;. The normalized spacial score (nSPS) is 12.3. The van der Waals surface area contributed by atoms with Gasteiger partial charge in [0.1, 0.15) is 0 Å². The Morgan fingerprint density at radius 2 is 0.933 bits per heavy atom. The Balaban J connectivity index is 4.82. The molecule has 0 aliphatic heterocycles. The third kappa shape index (κ3) is 10.3. The van der Waals surface area contributed by atoms with Crippen molar-refractivity contribution in [3.05, 3.63) is 0 Å². The summed E-state index contributed by atoms with van der Waals surface area (Å²) in [5.41, 5.74) is 0.224. The Kier molecular flexibility index (Phi) is 4.93. The molecule has 0 fully saturated rings. The van der Waals surface area contributed by atoms with Crippen LogP contribution in [0, 0.1) is 29.6 Å². The minimum absolute atomic E-state index is 0.112. The minimum atomic E-state index is -2.51. The third-order valence-electron chi connectivity index (χ3n) is 1.50. The summed E-state index contributed by atoms with van der Waals surface area (Å²) < 4.78 is 11.5. The quantitative estimate of drug-likeness (QED) is 0.428. The molecule has 0 amide bonds. The van der Waals surface area contributed by atoms with Crippen molar-refractivity contribution in [2.75, 3.05) is 0 Å². The van der Waals surface area contributed by atoms with Gasteiger partial charge in [-0.2, -0.15) is 0 Å². The second kappa shape index (κ2) is 4.92. The van der Waals surface area contributed by atoms with Crippen LogP contribution in [0.4, 0.5) is 0 Å². The van der Waals surface area contributed by atoms with Crippen molar-refractivity contribution in [3.63, 3.8) is 0 Å². The number of hydrogen-bond acceptors (Lipinski definition) is 0. The van der Waals surface area contributed by atoms with Gasteiger partial charge in [0.05, 0.1) is 0 Å². The Bertz CT molecular complexity index is 292. The van der Waals surface area contributed by atoms with Crippen molar-refractivity contribution in [2.45, 2.75) is 50.5 Å². The van der Waals surface area contributed by atoms with Gasteiger partial charge in [-0.05, 0) is 0 Å². The van der Waals surface area contributed by atoms with Crippen molar-refractivity contribution in [1.29, 1.82) is 0 Å². The van der Waals surface area contributed by atoms with Crippen molar-refractivity contribution in [3.8, 4) is 18.8 Å². The zero-order chi connectivity index (χ0) is 12.3. The van der Waals surface area contributed by atoms with E-state index < -0.39 is 21.2 Å². The van der Waals surface area contributed by atoms with Crippen LogP contribution in [0.5, 0.6) is 0 Å². The average molecular weight is 400 g/mol. The van der Waals surface area contributed by atoms with E-state index in [0.29, 0.717) is 0 Å². The van der Waals surface area contributed by atoms with Gasteiger partial charge in [-0.25, -0.2) is 0 Å². The van der Waals surface area contributed by atoms with E-state index in [-0.39, 0.29) is 10.8 Å². The molecule has 0 nitrogen and oxygen atoms in total. The van der Waals surface area contributed by atoms with Crippen LogP contribution >= 0.6 is 0 Å². The SMILES string of the molecule is CC(C)(C)C#[C][Pb]([CH3])([CH3])[C]#CC(C)(C)C. The maximum absolute atomic E-state index is 3.47. The summed E-state index contributed by atoms with van der Waals surface area (Å²) in [5, 5.41) is 0. The predicted molar refractivity (Wildman–Crippen MR) is 71.9 cm³/mol. The molecule has 0 unspecified atom stereocenters. The fourth-order valence-electron chi connectivity index (χ4n) is 0.719. The van der Waals surface area contributed by atoms with Crippen molar-refractivity contribution >= 4 is 21.2 Å². The van der Waals surface area contributed by atoms with Crippen LogP contribution in [0.3, 0.4) is 0 Å². The summed E-state index contributed by atoms with van der Waals surface area (Å²) in [6.07, 6.45) is 0.